The van der Waals surface area contributed by atoms with Crippen molar-refractivity contribution < 1.29 is 9.18 Å². The molecule has 0 N–H and O–H groups in total. The van der Waals surface area contributed by atoms with Crippen LogP contribution in [0.15, 0.2) is 36.8 Å². The predicted molar refractivity (Wildman–Crippen MR) is 95.2 cm³/mol. The predicted octanol–water partition coefficient (Wildman–Crippen LogP) is 1.37. The molecule has 1 aliphatic heterocycles. The minimum absolute atomic E-state index is 0.0345. The van der Waals surface area contributed by atoms with Crippen LogP contribution in [0.5, 0.6) is 0 Å². The minimum atomic E-state index is -0.267. The quantitative estimate of drug-likeness (QED) is 0.708. The fourth-order valence-electron chi connectivity index (χ4n) is 3.38. The van der Waals surface area contributed by atoms with E-state index in [0.29, 0.717) is 24.3 Å². The lowest BCUT2D eigenvalue weighted by Gasteiger charge is -2.34. The Balaban J connectivity index is 1.32. The van der Waals surface area contributed by atoms with E-state index >= 15 is 0 Å². The van der Waals surface area contributed by atoms with Crippen LogP contribution >= 0.6 is 0 Å². The minimum Gasteiger partial charge on any atom is -0.335 e. The zero-order valence-electron chi connectivity index (χ0n) is 14.7. The summed E-state index contributed by atoms with van der Waals surface area (Å²) in [5.41, 5.74) is 2.24. The summed E-state index contributed by atoms with van der Waals surface area (Å²) in [7, 11) is 1.78. The standard InChI is InChI=1S/C18H21FN6O/c1-22-17(4-5-21-22)18(26)24-9-6-23(7-10-24)8-11-25-13-20-15-12-14(19)2-3-16(15)25/h2-5,12-13H,6-11H2,1H3. The first-order chi connectivity index (χ1) is 12.6. The number of piperazine rings is 1. The fraction of sp³-hybridized carbons (Fsp3) is 0.389. The van der Waals surface area contributed by atoms with Crippen molar-refractivity contribution in [1.82, 2.24) is 29.1 Å². The second-order valence-electron chi connectivity index (χ2n) is 6.54. The SMILES string of the molecule is Cn1nccc1C(=O)N1CCN(CCn2cnc3cc(F)ccc32)CC1. The van der Waals surface area contributed by atoms with E-state index < -0.39 is 0 Å². The first-order valence-corrected chi connectivity index (χ1v) is 8.72. The largest absolute Gasteiger partial charge is 0.335 e. The van der Waals surface area contributed by atoms with Gasteiger partial charge in [0, 0.05) is 58.6 Å². The molecule has 0 unspecified atom stereocenters. The van der Waals surface area contributed by atoms with Crippen LogP contribution < -0.4 is 0 Å². The van der Waals surface area contributed by atoms with E-state index in [4.69, 9.17) is 0 Å². The van der Waals surface area contributed by atoms with Gasteiger partial charge in [0.1, 0.15) is 11.5 Å². The molecule has 0 aliphatic carbocycles. The molecule has 1 amide bonds. The van der Waals surface area contributed by atoms with E-state index in [9.17, 15) is 9.18 Å². The Hall–Kier alpha value is -2.74. The molecular formula is C18H21FN6O. The molecule has 0 saturated carbocycles. The average Bonchev–Trinajstić information content (AvgIpc) is 3.25. The van der Waals surface area contributed by atoms with E-state index in [0.717, 1.165) is 31.7 Å². The molecule has 1 fully saturated rings. The molecule has 7 nitrogen and oxygen atoms in total. The van der Waals surface area contributed by atoms with Crippen molar-refractivity contribution >= 4 is 16.9 Å². The molecule has 0 spiro atoms. The van der Waals surface area contributed by atoms with Gasteiger partial charge in [0.2, 0.25) is 0 Å². The molecule has 0 bridgehead atoms. The highest BCUT2D eigenvalue weighted by atomic mass is 19.1. The lowest BCUT2D eigenvalue weighted by Crippen LogP contribution is -2.49. The summed E-state index contributed by atoms with van der Waals surface area (Å²) in [5, 5.41) is 4.06. The van der Waals surface area contributed by atoms with Gasteiger partial charge in [0.05, 0.1) is 17.4 Å². The van der Waals surface area contributed by atoms with Crippen LogP contribution in [0.1, 0.15) is 10.5 Å². The Bertz CT molecular complexity index is 925. The lowest BCUT2D eigenvalue weighted by molar-refractivity contribution is 0.0623. The third-order valence-corrected chi connectivity index (χ3v) is 4.94. The molecule has 136 valence electrons. The number of aryl methyl sites for hydroxylation is 1. The van der Waals surface area contributed by atoms with Crippen LogP contribution in [0.3, 0.4) is 0 Å². The molecule has 1 aromatic carbocycles. The highest BCUT2D eigenvalue weighted by Gasteiger charge is 2.23. The van der Waals surface area contributed by atoms with Gasteiger partial charge in [-0.2, -0.15) is 5.10 Å². The number of hydrogen-bond acceptors (Lipinski definition) is 4. The molecular weight excluding hydrogens is 335 g/mol. The number of carbonyl (C=O) groups is 1. The van der Waals surface area contributed by atoms with Gasteiger partial charge in [0.25, 0.3) is 5.91 Å². The summed E-state index contributed by atoms with van der Waals surface area (Å²) in [6, 6.07) is 6.43. The first-order valence-electron chi connectivity index (χ1n) is 8.72. The van der Waals surface area contributed by atoms with Crippen LogP contribution in [0.2, 0.25) is 0 Å². The molecule has 8 heteroatoms. The Kier molecular flexibility index (Phi) is 4.42. The van der Waals surface area contributed by atoms with Crippen molar-refractivity contribution in [3.8, 4) is 0 Å². The molecule has 4 rings (SSSR count). The van der Waals surface area contributed by atoms with Crippen molar-refractivity contribution in [2.24, 2.45) is 7.05 Å². The van der Waals surface area contributed by atoms with Crippen LogP contribution in [0, 0.1) is 5.82 Å². The molecule has 0 atom stereocenters. The smallest absolute Gasteiger partial charge is 0.272 e. The number of rotatable bonds is 4. The van der Waals surface area contributed by atoms with Crippen LogP contribution in [-0.4, -0.2) is 67.8 Å². The van der Waals surface area contributed by atoms with Gasteiger partial charge in [-0.05, 0) is 18.2 Å². The Labute approximate surface area is 150 Å². The van der Waals surface area contributed by atoms with Gasteiger partial charge < -0.3 is 9.47 Å². The van der Waals surface area contributed by atoms with Crippen LogP contribution in [0.4, 0.5) is 4.39 Å². The number of amides is 1. The number of hydrogen-bond donors (Lipinski definition) is 0. The van der Waals surface area contributed by atoms with E-state index in [1.807, 2.05) is 9.47 Å². The number of carbonyl (C=O) groups excluding carboxylic acids is 1. The zero-order chi connectivity index (χ0) is 18.1. The molecule has 2 aromatic heterocycles. The Morgan fingerprint density at radius 3 is 2.69 bits per heavy atom. The Morgan fingerprint density at radius 1 is 1.15 bits per heavy atom. The molecule has 1 aliphatic rings. The van der Waals surface area contributed by atoms with Gasteiger partial charge in [0.15, 0.2) is 0 Å². The van der Waals surface area contributed by atoms with Crippen molar-refractivity contribution in [2.75, 3.05) is 32.7 Å². The van der Waals surface area contributed by atoms with E-state index in [-0.39, 0.29) is 11.7 Å². The number of aromatic nitrogens is 4. The monoisotopic (exact) mass is 356 g/mol. The lowest BCUT2D eigenvalue weighted by atomic mass is 10.2. The van der Waals surface area contributed by atoms with Gasteiger partial charge in [-0.1, -0.05) is 0 Å². The molecule has 0 radical (unpaired) electrons. The number of fused-ring (bicyclic) bond motifs is 1. The average molecular weight is 356 g/mol. The van der Waals surface area contributed by atoms with Gasteiger partial charge in [-0.25, -0.2) is 9.37 Å². The van der Waals surface area contributed by atoms with E-state index in [2.05, 4.69) is 15.0 Å². The van der Waals surface area contributed by atoms with Crippen LogP contribution in [0.25, 0.3) is 11.0 Å². The molecule has 3 aromatic rings. The normalized spacial score (nSPS) is 15.7. The summed E-state index contributed by atoms with van der Waals surface area (Å²) < 4.78 is 16.9. The van der Waals surface area contributed by atoms with Crippen molar-refractivity contribution in [2.45, 2.75) is 6.54 Å². The fourth-order valence-corrected chi connectivity index (χ4v) is 3.38. The third kappa shape index (κ3) is 3.20. The zero-order valence-corrected chi connectivity index (χ0v) is 14.7. The first kappa shape index (κ1) is 16.7. The Morgan fingerprint density at radius 2 is 1.96 bits per heavy atom. The van der Waals surface area contributed by atoms with Crippen molar-refractivity contribution in [3.63, 3.8) is 0 Å². The molecule has 1 saturated heterocycles. The summed E-state index contributed by atoms with van der Waals surface area (Å²) in [6.07, 6.45) is 3.40. The maximum absolute atomic E-state index is 13.3. The highest BCUT2D eigenvalue weighted by molar-refractivity contribution is 5.92. The van der Waals surface area contributed by atoms with Gasteiger partial charge in [-0.3, -0.25) is 14.4 Å². The third-order valence-electron chi connectivity index (χ3n) is 4.94. The maximum atomic E-state index is 13.3. The second-order valence-corrected chi connectivity index (χ2v) is 6.54. The second kappa shape index (κ2) is 6.87. The molecule has 26 heavy (non-hydrogen) atoms. The van der Waals surface area contributed by atoms with Gasteiger partial charge in [-0.15, -0.1) is 0 Å². The highest BCUT2D eigenvalue weighted by Crippen LogP contribution is 2.14. The molecule has 3 heterocycles. The summed E-state index contributed by atoms with van der Waals surface area (Å²) in [4.78, 5) is 21.0. The van der Waals surface area contributed by atoms with Gasteiger partial charge >= 0.3 is 0 Å². The van der Waals surface area contributed by atoms with Crippen LogP contribution in [-0.2, 0) is 13.6 Å². The van der Waals surface area contributed by atoms with Crippen molar-refractivity contribution in [1.29, 1.82) is 0 Å². The van der Waals surface area contributed by atoms with Crippen molar-refractivity contribution in [3.05, 3.63) is 48.3 Å². The number of halogens is 1. The van der Waals surface area contributed by atoms with E-state index in [1.54, 1.807) is 36.4 Å². The number of imidazole rings is 1. The number of nitrogens with zero attached hydrogens (tertiary/aromatic N) is 6. The topological polar surface area (TPSA) is 59.2 Å². The maximum Gasteiger partial charge on any atom is 0.272 e. The van der Waals surface area contributed by atoms with E-state index in [1.165, 1.54) is 12.1 Å². The number of benzene rings is 1. The summed E-state index contributed by atoms with van der Waals surface area (Å²) in [5.74, 6) is -0.232. The summed E-state index contributed by atoms with van der Waals surface area (Å²) >= 11 is 0. The summed E-state index contributed by atoms with van der Waals surface area (Å²) in [6.45, 7) is 4.75.